The highest BCUT2D eigenvalue weighted by atomic mass is 32.2. The molecule has 1 amide bonds. The highest BCUT2D eigenvalue weighted by molar-refractivity contribution is 7.89. The summed E-state index contributed by atoms with van der Waals surface area (Å²) in [6.07, 6.45) is 1.85. The number of sulfonamides is 1. The molecule has 1 atom stereocenters. The SMILES string of the molecule is CCC[C@H](C)NC(=O)CN(CC)S(=O)(=O)c1ccccc1. The van der Waals surface area contributed by atoms with Gasteiger partial charge in [0.15, 0.2) is 0 Å². The molecule has 0 aliphatic rings. The molecule has 118 valence electrons. The van der Waals surface area contributed by atoms with Crippen LogP contribution in [0.5, 0.6) is 0 Å². The Labute approximate surface area is 127 Å². The van der Waals surface area contributed by atoms with Gasteiger partial charge in [-0.1, -0.05) is 38.5 Å². The van der Waals surface area contributed by atoms with Gasteiger partial charge in [0.1, 0.15) is 0 Å². The molecule has 21 heavy (non-hydrogen) atoms. The van der Waals surface area contributed by atoms with Crippen molar-refractivity contribution in [3.8, 4) is 0 Å². The van der Waals surface area contributed by atoms with Crippen molar-refractivity contribution in [1.29, 1.82) is 0 Å². The van der Waals surface area contributed by atoms with Crippen LogP contribution < -0.4 is 5.32 Å². The second kappa shape index (κ2) is 8.14. The van der Waals surface area contributed by atoms with Gasteiger partial charge in [-0.3, -0.25) is 4.79 Å². The third-order valence-electron chi connectivity index (χ3n) is 3.18. The number of hydrogen-bond acceptors (Lipinski definition) is 3. The van der Waals surface area contributed by atoms with Gasteiger partial charge >= 0.3 is 0 Å². The van der Waals surface area contributed by atoms with E-state index in [1.807, 2.05) is 13.8 Å². The van der Waals surface area contributed by atoms with E-state index in [2.05, 4.69) is 5.32 Å². The summed E-state index contributed by atoms with van der Waals surface area (Å²) < 4.78 is 26.1. The molecule has 1 aromatic rings. The minimum Gasteiger partial charge on any atom is -0.353 e. The fraction of sp³-hybridized carbons (Fsp3) is 0.533. The smallest absolute Gasteiger partial charge is 0.243 e. The number of rotatable bonds is 8. The average molecular weight is 312 g/mol. The van der Waals surface area contributed by atoms with Crippen molar-refractivity contribution in [3.63, 3.8) is 0 Å². The fourth-order valence-corrected chi connectivity index (χ4v) is 3.52. The van der Waals surface area contributed by atoms with Crippen LogP contribution in [-0.4, -0.2) is 37.8 Å². The lowest BCUT2D eigenvalue weighted by atomic mass is 10.2. The van der Waals surface area contributed by atoms with Crippen LogP contribution in [0.2, 0.25) is 0 Å². The summed E-state index contributed by atoms with van der Waals surface area (Å²) in [6, 6.07) is 8.23. The largest absolute Gasteiger partial charge is 0.353 e. The zero-order valence-corrected chi connectivity index (χ0v) is 13.7. The molecule has 0 saturated heterocycles. The number of nitrogens with zero attached hydrogens (tertiary/aromatic N) is 1. The quantitative estimate of drug-likeness (QED) is 0.798. The molecule has 0 bridgehead atoms. The van der Waals surface area contributed by atoms with Crippen LogP contribution in [0, 0.1) is 0 Å². The summed E-state index contributed by atoms with van der Waals surface area (Å²) in [5.74, 6) is -0.266. The highest BCUT2D eigenvalue weighted by Gasteiger charge is 2.25. The van der Waals surface area contributed by atoms with E-state index in [1.165, 1.54) is 16.4 Å². The molecule has 0 aliphatic heterocycles. The molecular formula is C15H24N2O3S. The van der Waals surface area contributed by atoms with Gasteiger partial charge in [0.25, 0.3) is 0 Å². The van der Waals surface area contributed by atoms with E-state index in [9.17, 15) is 13.2 Å². The zero-order chi connectivity index (χ0) is 15.9. The predicted octanol–water partition coefficient (Wildman–Crippen LogP) is 2.00. The number of nitrogens with one attached hydrogen (secondary N) is 1. The van der Waals surface area contributed by atoms with Crippen molar-refractivity contribution in [2.45, 2.75) is 44.6 Å². The Bertz CT molecular complexity index is 543. The first-order valence-corrected chi connectivity index (χ1v) is 8.70. The molecule has 0 heterocycles. The van der Waals surface area contributed by atoms with Crippen LogP contribution in [-0.2, 0) is 14.8 Å². The first-order valence-electron chi connectivity index (χ1n) is 7.26. The fourth-order valence-electron chi connectivity index (χ4n) is 2.09. The van der Waals surface area contributed by atoms with Gasteiger partial charge in [-0.25, -0.2) is 8.42 Å². The normalized spacial score (nSPS) is 13.1. The highest BCUT2D eigenvalue weighted by Crippen LogP contribution is 2.14. The molecule has 1 rings (SSSR count). The molecule has 1 aromatic carbocycles. The van der Waals surface area contributed by atoms with Crippen molar-refractivity contribution in [2.75, 3.05) is 13.1 Å². The van der Waals surface area contributed by atoms with Gasteiger partial charge in [-0.05, 0) is 25.5 Å². The summed E-state index contributed by atoms with van der Waals surface area (Å²) in [7, 11) is -3.62. The van der Waals surface area contributed by atoms with Crippen LogP contribution in [0.1, 0.15) is 33.6 Å². The van der Waals surface area contributed by atoms with Crippen molar-refractivity contribution >= 4 is 15.9 Å². The lowest BCUT2D eigenvalue weighted by molar-refractivity contribution is -0.121. The number of amides is 1. The van der Waals surface area contributed by atoms with Crippen LogP contribution in [0.3, 0.4) is 0 Å². The monoisotopic (exact) mass is 312 g/mol. The zero-order valence-electron chi connectivity index (χ0n) is 12.9. The number of carbonyl (C=O) groups is 1. The molecule has 1 N–H and O–H groups in total. The molecule has 0 spiro atoms. The molecule has 0 radical (unpaired) electrons. The lowest BCUT2D eigenvalue weighted by Crippen LogP contribution is -2.43. The summed E-state index contributed by atoms with van der Waals surface area (Å²) in [6.45, 7) is 5.79. The maximum absolute atomic E-state index is 12.5. The minimum absolute atomic E-state index is 0.0561. The summed E-state index contributed by atoms with van der Waals surface area (Å²) in [4.78, 5) is 12.2. The second-order valence-corrected chi connectivity index (χ2v) is 6.94. The number of carbonyl (C=O) groups excluding carboxylic acids is 1. The van der Waals surface area contributed by atoms with Crippen LogP contribution in [0.4, 0.5) is 0 Å². The Kier molecular flexibility index (Phi) is 6.84. The maximum atomic E-state index is 12.5. The van der Waals surface area contributed by atoms with E-state index in [4.69, 9.17) is 0 Å². The number of likely N-dealkylation sites (N-methyl/N-ethyl adjacent to an activating group) is 1. The van der Waals surface area contributed by atoms with Gasteiger partial charge in [-0.2, -0.15) is 4.31 Å². The predicted molar refractivity (Wildman–Crippen MR) is 83.4 cm³/mol. The first kappa shape index (κ1) is 17.7. The third-order valence-corrected chi connectivity index (χ3v) is 5.12. The first-order chi connectivity index (χ1) is 9.91. The third kappa shape index (κ3) is 5.13. The van der Waals surface area contributed by atoms with Crippen molar-refractivity contribution in [1.82, 2.24) is 9.62 Å². The summed E-state index contributed by atoms with van der Waals surface area (Å²) in [5, 5.41) is 2.82. The molecule has 0 aliphatic carbocycles. The summed E-state index contributed by atoms with van der Waals surface area (Å²) in [5.41, 5.74) is 0. The van der Waals surface area contributed by atoms with Crippen LogP contribution in [0.25, 0.3) is 0 Å². The standard InChI is InChI=1S/C15H24N2O3S/c1-4-9-13(3)16-15(18)12-17(5-2)21(19,20)14-10-7-6-8-11-14/h6-8,10-11,13H,4-5,9,12H2,1-3H3,(H,16,18)/t13-/m0/s1. The van der Waals surface area contributed by atoms with Crippen molar-refractivity contribution in [2.24, 2.45) is 0 Å². The second-order valence-electron chi connectivity index (χ2n) is 5.00. The summed E-state index contributed by atoms with van der Waals surface area (Å²) >= 11 is 0. The Morgan fingerprint density at radius 1 is 1.24 bits per heavy atom. The van der Waals surface area contributed by atoms with Crippen molar-refractivity contribution < 1.29 is 13.2 Å². The molecule has 5 nitrogen and oxygen atoms in total. The Morgan fingerprint density at radius 3 is 2.38 bits per heavy atom. The van der Waals surface area contributed by atoms with Gasteiger partial charge in [0.2, 0.25) is 15.9 Å². The minimum atomic E-state index is -3.62. The van der Waals surface area contributed by atoms with E-state index < -0.39 is 10.0 Å². The van der Waals surface area contributed by atoms with E-state index in [0.717, 1.165) is 12.8 Å². The molecule has 0 saturated carbocycles. The molecule has 0 unspecified atom stereocenters. The number of hydrogen-bond donors (Lipinski definition) is 1. The topological polar surface area (TPSA) is 66.5 Å². The van der Waals surface area contributed by atoms with Crippen LogP contribution in [0.15, 0.2) is 35.2 Å². The van der Waals surface area contributed by atoms with Gasteiger partial charge in [0, 0.05) is 12.6 Å². The van der Waals surface area contributed by atoms with Crippen molar-refractivity contribution in [3.05, 3.63) is 30.3 Å². The van der Waals surface area contributed by atoms with E-state index >= 15 is 0 Å². The van der Waals surface area contributed by atoms with E-state index in [-0.39, 0.29) is 29.9 Å². The van der Waals surface area contributed by atoms with E-state index in [1.54, 1.807) is 25.1 Å². The van der Waals surface area contributed by atoms with Gasteiger partial charge in [-0.15, -0.1) is 0 Å². The Morgan fingerprint density at radius 2 is 1.86 bits per heavy atom. The lowest BCUT2D eigenvalue weighted by Gasteiger charge is -2.21. The van der Waals surface area contributed by atoms with E-state index in [0.29, 0.717) is 0 Å². The van der Waals surface area contributed by atoms with Crippen LogP contribution >= 0.6 is 0 Å². The maximum Gasteiger partial charge on any atom is 0.243 e. The molecule has 0 aromatic heterocycles. The molecule has 0 fully saturated rings. The average Bonchev–Trinajstić information content (AvgIpc) is 2.45. The van der Waals surface area contributed by atoms with Gasteiger partial charge in [0.05, 0.1) is 11.4 Å². The number of benzene rings is 1. The Hall–Kier alpha value is -1.40. The molecule has 6 heteroatoms. The molecular weight excluding hydrogens is 288 g/mol. The van der Waals surface area contributed by atoms with Gasteiger partial charge < -0.3 is 5.32 Å². The Balaban J connectivity index is 2.77.